The Morgan fingerprint density at radius 3 is 2.43 bits per heavy atom. The summed E-state index contributed by atoms with van der Waals surface area (Å²) in [4.78, 5) is 39.1. The summed E-state index contributed by atoms with van der Waals surface area (Å²) < 4.78 is 1.00. The Balaban J connectivity index is 1.98. The zero-order valence-electron chi connectivity index (χ0n) is 16.5. The number of para-hydroxylation sites is 2. The van der Waals surface area contributed by atoms with Crippen molar-refractivity contribution < 1.29 is 9.90 Å². The average molecular weight is 407 g/mol. The first kappa shape index (κ1) is 20.6. The molecule has 3 aromatic rings. The highest BCUT2D eigenvalue weighted by atomic mass is 16.3. The van der Waals surface area contributed by atoms with Gasteiger partial charge in [0, 0.05) is 5.69 Å². The number of amides is 2. The van der Waals surface area contributed by atoms with Gasteiger partial charge < -0.3 is 10.4 Å². The molecule has 0 aliphatic heterocycles. The summed E-state index contributed by atoms with van der Waals surface area (Å²) in [5.74, 6) is -0.552. The van der Waals surface area contributed by atoms with E-state index in [0.717, 1.165) is 10.1 Å². The molecule has 0 unspecified atom stereocenters. The third-order valence-electron chi connectivity index (χ3n) is 4.39. The number of aromatic hydroxyl groups is 1. The van der Waals surface area contributed by atoms with Gasteiger partial charge in [0.1, 0.15) is 5.56 Å². The number of aromatic amines is 1. The first-order valence-electron chi connectivity index (χ1n) is 9.25. The molecular weight excluding hydrogens is 386 g/mol. The standard InChI is InChI=1S/C21H21N5O4/c1-3-15(24-25-20(29)22-14-10-5-4-6-11-14)17-18(27)23-21(30)26(19(17)28)16-12-8-7-9-13(16)2/h4-12,28H,3H2,1-2H3,(H2,22,25,29)(H,23,27,30)/b24-15+. The minimum Gasteiger partial charge on any atom is -0.493 e. The molecule has 3 rings (SSSR count). The summed E-state index contributed by atoms with van der Waals surface area (Å²) in [7, 11) is 0. The maximum Gasteiger partial charge on any atom is 0.339 e. The van der Waals surface area contributed by atoms with Crippen molar-refractivity contribution in [2.24, 2.45) is 5.10 Å². The van der Waals surface area contributed by atoms with Gasteiger partial charge in [0.15, 0.2) is 0 Å². The second-order valence-corrected chi connectivity index (χ2v) is 6.42. The lowest BCUT2D eigenvalue weighted by atomic mass is 10.1. The molecule has 0 fully saturated rings. The average Bonchev–Trinajstić information content (AvgIpc) is 2.72. The minimum absolute atomic E-state index is 0.110. The highest BCUT2D eigenvalue weighted by Crippen LogP contribution is 2.20. The van der Waals surface area contributed by atoms with Crippen molar-refractivity contribution in [3.63, 3.8) is 0 Å². The van der Waals surface area contributed by atoms with Crippen LogP contribution >= 0.6 is 0 Å². The zero-order chi connectivity index (χ0) is 21.7. The lowest BCUT2D eigenvalue weighted by Gasteiger charge is -2.14. The van der Waals surface area contributed by atoms with E-state index < -0.39 is 23.2 Å². The fraction of sp³-hybridized carbons (Fsp3) is 0.143. The van der Waals surface area contributed by atoms with Crippen molar-refractivity contribution in [1.29, 1.82) is 0 Å². The molecular formula is C21H21N5O4. The fourth-order valence-corrected chi connectivity index (χ4v) is 2.93. The molecule has 0 atom stereocenters. The number of benzene rings is 2. The topological polar surface area (TPSA) is 129 Å². The van der Waals surface area contributed by atoms with Crippen LogP contribution in [0.3, 0.4) is 0 Å². The molecule has 1 heterocycles. The lowest BCUT2D eigenvalue weighted by molar-refractivity contribution is 0.252. The molecule has 0 saturated heterocycles. The van der Waals surface area contributed by atoms with Crippen molar-refractivity contribution >= 4 is 17.4 Å². The van der Waals surface area contributed by atoms with Crippen molar-refractivity contribution in [3.8, 4) is 11.6 Å². The molecule has 0 spiro atoms. The molecule has 9 heteroatoms. The third kappa shape index (κ3) is 4.30. The zero-order valence-corrected chi connectivity index (χ0v) is 16.5. The van der Waals surface area contributed by atoms with Gasteiger partial charge in [-0.25, -0.2) is 19.6 Å². The number of H-pyrrole nitrogens is 1. The molecule has 0 saturated carbocycles. The maximum absolute atomic E-state index is 12.4. The molecule has 30 heavy (non-hydrogen) atoms. The number of hydrazone groups is 1. The third-order valence-corrected chi connectivity index (χ3v) is 4.39. The highest BCUT2D eigenvalue weighted by Gasteiger charge is 2.20. The Labute approximate surface area is 171 Å². The largest absolute Gasteiger partial charge is 0.493 e. The number of carbonyl (C=O) groups excluding carboxylic acids is 1. The van der Waals surface area contributed by atoms with Crippen LogP contribution in [-0.2, 0) is 0 Å². The number of carbonyl (C=O) groups is 1. The van der Waals surface area contributed by atoms with Gasteiger partial charge in [-0.3, -0.25) is 9.78 Å². The molecule has 2 aromatic carbocycles. The van der Waals surface area contributed by atoms with Gasteiger partial charge in [-0.1, -0.05) is 43.3 Å². The maximum atomic E-state index is 12.4. The Hall–Kier alpha value is -4.14. The molecule has 0 aliphatic carbocycles. The van der Waals surface area contributed by atoms with Crippen LogP contribution in [-0.4, -0.2) is 26.4 Å². The van der Waals surface area contributed by atoms with Crippen LogP contribution in [0, 0.1) is 6.92 Å². The molecule has 0 radical (unpaired) electrons. The Morgan fingerprint density at radius 1 is 1.10 bits per heavy atom. The summed E-state index contributed by atoms with van der Waals surface area (Å²) in [5.41, 5.74) is 2.36. The first-order chi connectivity index (χ1) is 14.4. The number of anilines is 1. The Bertz CT molecular complexity index is 1210. The molecule has 9 nitrogen and oxygen atoms in total. The van der Waals surface area contributed by atoms with Gasteiger partial charge in [-0.2, -0.15) is 5.10 Å². The number of hydrogen-bond acceptors (Lipinski definition) is 5. The lowest BCUT2D eigenvalue weighted by Crippen LogP contribution is -2.34. The molecule has 0 aliphatic rings. The SMILES string of the molecule is CC/C(=N\NC(=O)Nc1ccccc1)c1c(O)n(-c2ccccc2C)c(=O)[nH]c1=O. The van der Waals surface area contributed by atoms with Crippen LogP contribution in [0.15, 0.2) is 69.3 Å². The van der Waals surface area contributed by atoms with E-state index in [2.05, 4.69) is 20.8 Å². The fourth-order valence-electron chi connectivity index (χ4n) is 2.93. The van der Waals surface area contributed by atoms with Gasteiger partial charge in [0.05, 0.1) is 11.4 Å². The van der Waals surface area contributed by atoms with Crippen molar-refractivity contribution in [2.75, 3.05) is 5.32 Å². The summed E-state index contributed by atoms with van der Waals surface area (Å²) >= 11 is 0. The van der Waals surface area contributed by atoms with Crippen LogP contribution in [0.4, 0.5) is 10.5 Å². The molecule has 1 aromatic heterocycles. The predicted octanol–water partition coefficient (Wildman–Crippen LogP) is 2.48. The van der Waals surface area contributed by atoms with Crippen molar-refractivity contribution in [3.05, 3.63) is 86.6 Å². The normalized spacial score (nSPS) is 11.2. The van der Waals surface area contributed by atoms with Crippen LogP contribution in [0.5, 0.6) is 5.88 Å². The van der Waals surface area contributed by atoms with E-state index in [1.165, 1.54) is 0 Å². The van der Waals surface area contributed by atoms with E-state index in [0.29, 0.717) is 11.4 Å². The van der Waals surface area contributed by atoms with Crippen LogP contribution in [0.1, 0.15) is 24.5 Å². The minimum atomic E-state index is -0.798. The van der Waals surface area contributed by atoms with E-state index in [-0.39, 0.29) is 17.7 Å². The van der Waals surface area contributed by atoms with Crippen LogP contribution in [0.25, 0.3) is 5.69 Å². The van der Waals surface area contributed by atoms with Gasteiger partial charge in [0.2, 0.25) is 5.88 Å². The van der Waals surface area contributed by atoms with E-state index >= 15 is 0 Å². The van der Waals surface area contributed by atoms with Gasteiger partial charge in [0.25, 0.3) is 5.56 Å². The van der Waals surface area contributed by atoms with Crippen molar-refractivity contribution in [1.82, 2.24) is 15.0 Å². The number of nitrogens with one attached hydrogen (secondary N) is 3. The van der Waals surface area contributed by atoms with Crippen LogP contribution in [0.2, 0.25) is 0 Å². The summed E-state index contributed by atoms with van der Waals surface area (Å²) in [6.07, 6.45) is 0.217. The molecule has 4 N–H and O–H groups in total. The monoisotopic (exact) mass is 407 g/mol. The Morgan fingerprint density at radius 2 is 1.77 bits per heavy atom. The molecule has 154 valence electrons. The predicted molar refractivity (Wildman–Crippen MR) is 114 cm³/mol. The summed E-state index contributed by atoms with van der Waals surface area (Å²) in [6, 6.07) is 15.1. The number of nitrogens with zero attached hydrogens (tertiary/aromatic N) is 2. The number of hydrogen-bond donors (Lipinski definition) is 4. The van der Waals surface area contributed by atoms with Gasteiger partial charge >= 0.3 is 11.7 Å². The summed E-state index contributed by atoms with van der Waals surface area (Å²) in [5, 5.41) is 17.3. The van der Waals surface area contributed by atoms with Gasteiger partial charge in [-0.15, -0.1) is 0 Å². The van der Waals surface area contributed by atoms with E-state index in [1.54, 1.807) is 62.4 Å². The van der Waals surface area contributed by atoms with E-state index in [1.807, 2.05) is 6.07 Å². The van der Waals surface area contributed by atoms with Crippen molar-refractivity contribution in [2.45, 2.75) is 20.3 Å². The number of rotatable bonds is 5. The number of aryl methyl sites for hydroxylation is 1. The molecule has 0 bridgehead atoms. The first-order valence-corrected chi connectivity index (χ1v) is 9.25. The highest BCUT2D eigenvalue weighted by molar-refractivity contribution is 6.02. The summed E-state index contributed by atoms with van der Waals surface area (Å²) in [6.45, 7) is 3.48. The quantitative estimate of drug-likeness (QED) is 0.382. The second kappa shape index (κ2) is 8.91. The second-order valence-electron chi connectivity index (χ2n) is 6.42. The number of urea groups is 1. The van der Waals surface area contributed by atoms with E-state index in [4.69, 9.17) is 0 Å². The van der Waals surface area contributed by atoms with Gasteiger partial charge in [-0.05, 0) is 37.1 Å². The molecule has 2 amide bonds. The Kier molecular flexibility index (Phi) is 6.11. The van der Waals surface area contributed by atoms with Crippen LogP contribution < -0.4 is 22.0 Å². The number of aromatic nitrogens is 2. The van der Waals surface area contributed by atoms with E-state index in [9.17, 15) is 19.5 Å². The smallest absolute Gasteiger partial charge is 0.339 e.